The van der Waals surface area contributed by atoms with Crippen LogP contribution < -0.4 is 4.74 Å². The number of carbonyl (C=O) groups is 1. The third kappa shape index (κ3) is 1.35. The van der Waals surface area contributed by atoms with Crippen molar-refractivity contribution >= 4 is 21.7 Å². The lowest BCUT2D eigenvalue weighted by Gasteiger charge is -2.07. The lowest BCUT2D eigenvalue weighted by atomic mass is 10.1. The molecule has 0 saturated heterocycles. The van der Waals surface area contributed by atoms with Crippen molar-refractivity contribution in [3.05, 3.63) is 52.0 Å². The van der Waals surface area contributed by atoms with Crippen LogP contribution in [0, 0.1) is 0 Å². The number of fused-ring (bicyclic) bond motifs is 3. The SMILES string of the molecule is COc1ccc(Br)c2c1C(=O)c1ccccc1-2. The molecule has 3 heteroatoms. The van der Waals surface area contributed by atoms with Crippen molar-refractivity contribution in [2.24, 2.45) is 0 Å². The Hall–Kier alpha value is -1.61. The van der Waals surface area contributed by atoms with Crippen molar-refractivity contribution in [1.29, 1.82) is 0 Å². The average molecular weight is 289 g/mol. The molecule has 2 nitrogen and oxygen atoms in total. The minimum absolute atomic E-state index is 0.0359. The number of hydrogen-bond donors (Lipinski definition) is 0. The molecule has 17 heavy (non-hydrogen) atoms. The van der Waals surface area contributed by atoms with Crippen molar-refractivity contribution in [2.45, 2.75) is 0 Å². The first kappa shape index (κ1) is 10.5. The number of ketones is 1. The van der Waals surface area contributed by atoms with Crippen LogP contribution in [0.1, 0.15) is 15.9 Å². The van der Waals surface area contributed by atoms with Crippen molar-refractivity contribution in [3.8, 4) is 16.9 Å². The smallest absolute Gasteiger partial charge is 0.198 e. The van der Waals surface area contributed by atoms with Gasteiger partial charge in [0.1, 0.15) is 5.75 Å². The zero-order valence-electron chi connectivity index (χ0n) is 9.16. The van der Waals surface area contributed by atoms with Crippen LogP contribution in [-0.4, -0.2) is 12.9 Å². The third-order valence-corrected chi connectivity index (χ3v) is 3.67. The monoisotopic (exact) mass is 288 g/mol. The molecule has 0 radical (unpaired) electrons. The molecule has 0 fully saturated rings. The number of benzene rings is 2. The number of halogens is 1. The van der Waals surface area contributed by atoms with Crippen LogP contribution in [-0.2, 0) is 0 Å². The summed E-state index contributed by atoms with van der Waals surface area (Å²) in [7, 11) is 1.58. The van der Waals surface area contributed by atoms with E-state index in [9.17, 15) is 4.79 Å². The van der Waals surface area contributed by atoms with Gasteiger partial charge in [0.2, 0.25) is 0 Å². The molecule has 1 aliphatic carbocycles. The summed E-state index contributed by atoms with van der Waals surface area (Å²) >= 11 is 3.50. The second-order valence-corrected chi connectivity index (χ2v) is 4.73. The molecule has 0 heterocycles. The van der Waals surface area contributed by atoms with Gasteiger partial charge in [-0.1, -0.05) is 40.2 Å². The second-order valence-electron chi connectivity index (χ2n) is 3.87. The Bertz CT molecular complexity index is 632. The first-order valence-corrected chi connectivity index (χ1v) is 6.04. The normalized spacial score (nSPS) is 12.2. The quantitative estimate of drug-likeness (QED) is 0.683. The van der Waals surface area contributed by atoms with Gasteiger partial charge in [0, 0.05) is 15.6 Å². The zero-order chi connectivity index (χ0) is 12.0. The molecule has 0 atom stereocenters. The van der Waals surface area contributed by atoms with E-state index in [-0.39, 0.29) is 5.78 Å². The summed E-state index contributed by atoms with van der Waals surface area (Å²) in [6.45, 7) is 0. The highest BCUT2D eigenvalue weighted by Crippen LogP contribution is 2.44. The van der Waals surface area contributed by atoms with Crippen LogP contribution in [0.3, 0.4) is 0 Å². The van der Waals surface area contributed by atoms with E-state index in [1.54, 1.807) is 7.11 Å². The highest BCUT2D eigenvalue weighted by atomic mass is 79.9. The summed E-state index contributed by atoms with van der Waals surface area (Å²) in [5, 5.41) is 0. The van der Waals surface area contributed by atoms with Gasteiger partial charge in [-0.2, -0.15) is 0 Å². The van der Waals surface area contributed by atoms with Crippen LogP contribution in [0.5, 0.6) is 5.75 Å². The first-order valence-electron chi connectivity index (χ1n) is 5.24. The molecule has 0 amide bonds. The minimum atomic E-state index is 0.0359. The van der Waals surface area contributed by atoms with Gasteiger partial charge in [0.25, 0.3) is 0 Å². The largest absolute Gasteiger partial charge is 0.496 e. The summed E-state index contributed by atoms with van der Waals surface area (Å²) < 4.78 is 6.19. The Morgan fingerprint density at radius 3 is 2.41 bits per heavy atom. The average Bonchev–Trinajstić information content (AvgIpc) is 2.66. The summed E-state index contributed by atoms with van der Waals surface area (Å²) in [5.41, 5.74) is 3.30. The maximum absolute atomic E-state index is 12.3. The fourth-order valence-electron chi connectivity index (χ4n) is 2.25. The molecule has 2 aromatic rings. The van der Waals surface area contributed by atoms with Crippen molar-refractivity contribution in [1.82, 2.24) is 0 Å². The molecule has 0 aromatic heterocycles. The van der Waals surface area contributed by atoms with Gasteiger partial charge in [0.05, 0.1) is 12.7 Å². The van der Waals surface area contributed by atoms with Gasteiger partial charge < -0.3 is 4.74 Å². The van der Waals surface area contributed by atoms with Gasteiger partial charge >= 0.3 is 0 Å². The van der Waals surface area contributed by atoms with Crippen molar-refractivity contribution in [2.75, 3.05) is 7.11 Å². The van der Waals surface area contributed by atoms with E-state index in [2.05, 4.69) is 15.9 Å². The molecule has 0 aliphatic heterocycles. The molecule has 1 aliphatic rings. The van der Waals surface area contributed by atoms with Crippen LogP contribution in [0.2, 0.25) is 0 Å². The Balaban J connectivity index is 2.42. The predicted octanol–water partition coefficient (Wildman–Crippen LogP) is 3.67. The zero-order valence-corrected chi connectivity index (χ0v) is 10.7. The molecule has 0 bridgehead atoms. The van der Waals surface area contributed by atoms with Gasteiger partial charge in [-0.05, 0) is 17.7 Å². The van der Waals surface area contributed by atoms with Crippen LogP contribution >= 0.6 is 15.9 Å². The predicted molar refractivity (Wildman–Crippen MR) is 69.6 cm³/mol. The number of ether oxygens (including phenoxy) is 1. The molecule has 0 saturated carbocycles. The van der Waals surface area contributed by atoms with Gasteiger partial charge in [0.15, 0.2) is 5.78 Å². The van der Waals surface area contributed by atoms with E-state index in [0.717, 1.165) is 21.2 Å². The molecule has 84 valence electrons. The minimum Gasteiger partial charge on any atom is -0.496 e. The van der Waals surface area contributed by atoms with Crippen molar-refractivity contribution < 1.29 is 9.53 Å². The standard InChI is InChI=1S/C14H9BrO2/c1-17-11-7-6-10(15)12-8-4-2-3-5-9(8)14(16)13(11)12/h2-7H,1H3. The molecular weight excluding hydrogens is 280 g/mol. The first-order chi connectivity index (χ1) is 8.24. The highest BCUT2D eigenvalue weighted by Gasteiger charge is 2.31. The fourth-order valence-corrected chi connectivity index (χ4v) is 2.79. The van der Waals surface area contributed by atoms with E-state index >= 15 is 0 Å². The summed E-state index contributed by atoms with van der Waals surface area (Å²) in [5.74, 6) is 0.665. The van der Waals surface area contributed by atoms with Gasteiger partial charge in [-0.25, -0.2) is 0 Å². The topological polar surface area (TPSA) is 26.3 Å². The molecule has 0 N–H and O–H groups in total. The van der Waals surface area contributed by atoms with E-state index in [0.29, 0.717) is 11.3 Å². The Morgan fingerprint density at radius 1 is 1.00 bits per heavy atom. The molecule has 0 unspecified atom stereocenters. The van der Waals surface area contributed by atoms with E-state index in [1.807, 2.05) is 36.4 Å². The Labute approximate surface area is 107 Å². The Morgan fingerprint density at radius 2 is 1.71 bits per heavy atom. The van der Waals surface area contributed by atoms with Crippen LogP contribution in [0.15, 0.2) is 40.9 Å². The van der Waals surface area contributed by atoms with Crippen LogP contribution in [0.4, 0.5) is 0 Å². The summed E-state index contributed by atoms with van der Waals surface area (Å²) in [4.78, 5) is 12.3. The molecule has 2 aromatic carbocycles. The van der Waals surface area contributed by atoms with Gasteiger partial charge in [-0.15, -0.1) is 0 Å². The van der Waals surface area contributed by atoms with E-state index in [4.69, 9.17) is 4.74 Å². The second kappa shape index (κ2) is 3.70. The number of rotatable bonds is 1. The number of carbonyl (C=O) groups excluding carboxylic acids is 1. The summed E-state index contributed by atoms with van der Waals surface area (Å²) in [6, 6.07) is 11.3. The fraction of sp³-hybridized carbons (Fsp3) is 0.0714. The van der Waals surface area contributed by atoms with Crippen molar-refractivity contribution in [3.63, 3.8) is 0 Å². The highest BCUT2D eigenvalue weighted by molar-refractivity contribution is 9.10. The lowest BCUT2D eigenvalue weighted by Crippen LogP contribution is -1.98. The molecular formula is C14H9BrO2. The van der Waals surface area contributed by atoms with Crippen LogP contribution in [0.25, 0.3) is 11.1 Å². The van der Waals surface area contributed by atoms with Gasteiger partial charge in [-0.3, -0.25) is 4.79 Å². The Kier molecular flexibility index (Phi) is 2.30. The molecule has 3 rings (SSSR count). The van der Waals surface area contributed by atoms with E-state index in [1.165, 1.54) is 0 Å². The maximum Gasteiger partial charge on any atom is 0.198 e. The third-order valence-electron chi connectivity index (χ3n) is 3.00. The maximum atomic E-state index is 12.3. The lowest BCUT2D eigenvalue weighted by molar-refractivity contribution is 0.104. The number of hydrogen-bond acceptors (Lipinski definition) is 2. The number of methoxy groups -OCH3 is 1. The van der Waals surface area contributed by atoms with E-state index < -0.39 is 0 Å². The summed E-state index contributed by atoms with van der Waals surface area (Å²) in [6.07, 6.45) is 0. The molecule has 0 spiro atoms.